The van der Waals surface area contributed by atoms with Gasteiger partial charge in [0, 0.05) is 40.8 Å². The van der Waals surface area contributed by atoms with Crippen LogP contribution < -0.4 is 15.4 Å². The molecule has 0 saturated carbocycles. The van der Waals surface area contributed by atoms with Gasteiger partial charge in [0.25, 0.3) is 0 Å². The van der Waals surface area contributed by atoms with Crippen molar-refractivity contribution >= 4 is 17.5 Å². The van der Waals surface area contributed by atoms with Crippen LogP contribution in [0.3, 0.4) is 0 Å². The molecule has 3 rings (SSSR count). The number of amides is 2. The fourth-order valence-corrected chi connectivity index (χ4v) is 2.70. The van der Waals surface area contributed by atoms with Crippen molar-refractivity contribution in [3.05, 3.63) is 60.0 Å². The van der Waals surface area contributed by atoms with E-state index >= 15 is 0 Å². The predicted octanol–water partition coefficient (Wildman–Crippen LogP) is 4.85. The molecule has 0 atom stereocenters. The van der Waals surface area contributed by atoms with Gasteiger partial charge < -0.3 is 10.1 Å². The van der Waals surface area contributed by atoms with Gasteiger partial charge in [0.1, 0.15) is 11.5 Å². The minimum Gasteiger partial charge on any atom is -0.457 e. The van der Waals surface area contributed by atoms with E-state index in [0.717, 1.165) is 11.3 Å². The SMILES string of the molecule is Cc1c(NC(=O)Nc2cccc(Oc3ccncc3)c2)n[nH]c1C(C)(C)C. The van der Waals surface area contributed by atoms with E-state index in [0.29, 0.717) is 23.0 Å². The Hall–Kier alpha value is -3.35. The van der Waals surface area contributed by atoms with Crippen molar-refractivity contribution < 1.29 is 9.53 Å². The first-order valence-electron chi connectivity index (χ1n) is 8.64. The number of hydrogen-bond donors (Lipinski definition) is 3. The molecule has 0 aliphatic rings. The van der Waals surface area contributed by atoms with Gasteiger partial charge >= 0.3 is 6.03 Å². The van der Waals surface area contributed by atoms with Crippen LogP contribution in [-0.4, -0.2) is 21.2 Å². The van der Waals surface area contributed by atoms with Gasteiger partial charge in [-0.05, 0) is 31.2 Å². The summed E-state index contributed by atoms with van der Waals surface area (Å²) in [5.41, 5.74) is 2.45. The van der Waals surface area contributed by atoms with Crippen LogP contribution >= 0.6 is 0 Å². The zero-order valence-electron chi connectivity index (χ0n) is 15.8. The van der Waals surface area contributed by atoms with E-state index in [1.54, 1.807) is 36.7 Å². The molecule has 0 bridgehead atoms. The molecule has 0 spiro atoms. The monoisotopic (exact) mass is 365 g/mol. The fourth-order valence-electron chi connectivity index (χ4n) is 2.70. The number of ether oxygens (including phenoxy) is 1. The summed E-state index contributed by atoms with van der Waals surface area (Å²) in [6.07, 6.45) is 3.31. The maximum Gasteiger partial charge on any atom is 0.324 e. The summed E-state index contributed by atoms with van der Waals surface area (Å²) in [7, 11) is 0. The maximum atomic E-state index is 12.3. The van der Waals surface area contributed by atoms with Crippen molar-refractivity contribution in [2.45, 2.75) is 33.1 Å². The first-order chi connectivity index (χ1) is 12.8. The zero-order chi connectivity index (χ0) is 19.4. The number of benzene rings is 1. The molecule has 0 radical (unpaired) electrons. The molecule has 3 N–H and O–H groups in total. The summed E-state index contributed by atoms with van der Waals surface area (Å²) >= 11 is 0. The topological polar surface area (TPSA) is 91.9 Å². The molecule has 1 aromatic carbocycles. The average molecular weight is 365 g/mol. The molecule has 0 aliphatic carbocycles. The van der Waals surface area contributed by atoms with Gasteiger partial charge in [0.2, 0.25) is 0 Å². The van der Waals surface area contributed by atoms with E-state index in [9.17, 15) is 4.79 Å². The highest BCUT2D eigenvalue weighted by Crippen LogP contribution is 2.27. The van der Waals surface area contributed by atoms with E-state index in [2.05, 4.69) is 46.6 Å². The van der Waals surface area contributed by atoms with Crippen LogP contribution in [0.1, 0.15) is 32.0 Å². The van der Waals surface area contributed by atoms with Gasteiger partial charge in [-0.15, -0.1) is 0 Å². The van der Waals surface area contributed by atoms with Crippen molar-refractivity contribution in [3.63, 3.8) is 0 Å². The number of anilines is 2. The summed E-state index contributed by atoms with van der Waals surface area (Å²) < 4.78 is 5.75. The van der Waals surface area contributed by atoms with Crippen LogP contribution in [0.25, 0.3) is 0 Å². The zero-order valence-corrected chi connectivity index (χ0v) is 15.8. The highest BCUT2D eigenvalue weighted by Gasteiger charge is 2.21. The third-order valence-electron chi connectivity index (χ3n) is 3.97. The van der Waals surface area contributed by atoms with E-state index in [1.165, 1.54) is 0 Å². The minimum absolute atomic E-state index is 0.0773. The summed E-state index contributed by atoms with van der Waals surface area (Å²) in [6, 6.07) is 10.3. The normalized spacial score (nSPS) is 11.1. The van der Waals surface area contributed by atoms with Gasteiger partial charge in [-0.3, -0.25) is 15.4 Å². The first-order valence-corrected chi connectivity index (χ1v) is 8.64. The van der Waals surface area contributed by atoms with Crippen LogP contribution in [-0.2, 0) is 5.41 Å². The molecule has 7 heteroatoms. The molecule has 140 valence electrons. The number of rotatable bonds is 4. The number of carbonyl (C=O) groups is 1. The number of hydrogen-bond acceptors (Lipinski definition) is 4. The van der Waals surface area contributed by atoms with Gasteiger partial charge in [-0.1, -0.05) is 26.8 Å². The Kier molecular flexibility index (Phi) is 5.12. The smallest absolute Gasteiger partial charge is 0.324 e. The lowest BCUT2D eigenvalue weighted by Crippen LogP contribution is -2.20. The van der Waals surface area contributed by atoms with Gasteiger partial charge in [0.05, 0.1) is 0 Å². The van der Waals surface area contributed by atoms with Gasteiger partial charge in [0.15, 0.2) is 5.82 Å². The lowest BCUT2D eigenvalue weighted by atomic mass is 9.90. The minimum atomic E-state index is -0.369. The second kappa shape index (κ2) is 7.49. The summed E-state index contributed by atoms with van der Waals surface area (Å²) in [4.78, 5) is 16.3. The molecule has 2 heterocycles. The number of aromatic amines is 1. The molecule has 27 heavy (non-hydrogen) atoms. The summed E-state index contributed by atoms with van der Waals surface area (Å²) in [6.45, 7) is 8.20. The van der Waals surface area contributed by atoms with Crippen LogP contribution in [0.15, 0.2) is 48.8 Å². The Morgan fingerprint density at radius 2 is 1.81 bits per heavy atom. The quantitative estimate of drug-likeness (QED) is 0.616. The number of nitrogens with one attached hydrogen (secondary N) is 3. The van der Waals surface area contributed by atoms with Gasteiger partial charge in [-0.25, -0.2) is 4.79 Å². The molecule has 2 amide bonds. The molecule has 0 fully saturated rings. The van der Waals surface area contributed by atoms with Crippen molar-refractivity contribution in [2.24, 2.45) is 0 Å². The van der Waals surface area contributed by atoms with Crippen LogP contribution in [0.2, 0.25) is 0 Å². The van der Waals surface area contributed by atoms with E-state index in [1.807, 2.05) is 19.1 Å². The summed E-state index contributed by atoms with van der Waals surface area (Å²) in [5.74, 6) is 1.81. The molecular weight excluding hydrogens is 342 g/mol. The van der Waals surface area contributed by atoms with Crippen LogP contribution in [0, 0.1) is 6.92 Å². The van der Waals surface area contributed by atoms with Crippen molar-refractivity contribution in [1.82, 2.24) is 15.2 Å². The van der Waals surface area contributed by atoms with Crippen molar-refractivity contribution in [1.29, 1.82) is 0 Å². The second-order valence-electron chi connectivity index (χ2n) is 7.21. The third kappa shape index (κ3) is 4.63. The Morgan fingerprint density at radius 1 is 1.07 bits per heavy atom. The number of urea groups is 1. The molecule has 0 unspecified atom stereocenters. The highest BCUT2D eigenvalue weighted by molar-refractivity contribution is 5.99. The van der Waals surface area contributed by atoms with Gasteiger partial charge in [-0.2, -0.15) is 5.10 Å². The Balaban J connectivity index is 1.66. The Labute approximate surface area is 158 Å². The molecule has 0 saturated heterocycles. The molecule has 7 nitrogen and oxygen atoms in total. The highest BCUT2D eigenvalue weighted by atomic mass is 16.5. The number of pyridine rings is 1. The lowest BCUT2D eigenvalue weighted by molar-refractivity contribution is 0.262. The van der Waals surface area contributed by atoms with Crippen LogP contribution in [0.4, 0.5) is 16.3 Å². The first kappa shape index (κ1) is 18.4. The lowest BCUT2D eigenvalue weighted by Gasteiger charge is -2.17. The fraction of sp³-hybridized carbons (Fsp3) is 0.250. The molecule has 0 aliphatic heterocycles. The van der Waals surface area contributed by atoms with E-state index in [-0.39, 0.29) is 11.4 Å². The van der Waals surface area contributed by atoms with Crippen LogP contribution in [0.5, 0.6) is 11.5 Å². The Morgan fingerprint density at radius 3 is 2.48 bits per heavy atom. The molecule has 3 aromatic rings. The number of carbonyl (C=O) groups excluding carboxylic acids is 1. The third-order valence-corrected chi connectivity index (χ3v) is 3.97. The predicted molar refractivity (Wildman–Crippen MR) is 105 cm³/mol. The standard InChI is InChI=1S/C20H23N5O2/c1-13-17(20(2,3)4)24-25-18(13)23-19(26)22-14-6-5-7-16(12-14)27-15-8-10-21-11-9-15/h5-12H,1-4H3,(H3,22,23,24,25,26). The number of aromatic nitrogens is 3. The second-order valence-corrected chi connectivity index (χ2v) is 7.21. The largest absolute Gasteiger partial charge is 0.457 e. The molecular formula is C20H23N5O2. The number of H-pyrrole nitrogens is 1. The maximum absolute atomic E-state index is 12.3. The Bertz CT molecular complexity index is 929. The molecule has 2 aromatic heterocycles. The number of nitrogens with zero attached hydrogens (tertiary/aromatic N) is 2. The van der Waals surface area contributed by atoms with Crippen molar-refractivity contribution in [2.75, 3.05) is 10.6 Å². The average Bonchev–Trinajstić information content (AvgIpc) is 2.97. The van der Waals surface area contributed by atoms with Crippen molar-refractivity contribution in [3.8, 4) is 11.5 Å². The van der Waals surface area contributed by atoms with E-state index in [4.69, 9.17) is 4.74 Å². The summed E-state index contributed by atoms with van der Waals surface area (Å²) in [5, 5.41) is 12.8. The van der Waals surface area contributed by atoms with E-state index < -0.39 is 0 Å².